The number of hydrogen-bond donors (Lipinski definition) is 1. The maximum absolute atomic E-state index is 13.8. The third kappa shape index (κ3) is 4.24. The van der Waals surface area contributed by atoms with E-state index >= 15 is 0 Å². The van der Waals surface area contributed by atoms with Gasteiger partial charge < -0.3 is 19.9 Å². The number of ether oxygens (including phenoxy) is 3. The molecule has 0 aliphatic carbocycles. The molecule has 2 atom stereocenters. The van der Waals surface area contributed by atoms with Crippen molar-refractivity contribution in [1.29, 1.82) is 0 Å². The van der Waals surface area contributed by atoms with Crippen LogP contribution < -0.4 is 15.2 Å². The molecule has 4 nitrogen and oxygen atoms in total. The number of rotatable bonds is 5. The van der Waals surface area contributed by atoms with Gasteiger partial charge in [-0.1, -0.05) is 6.92 Å². The van der Waals surface area contributed by atoms with E-state index in [9.17, 15) is 4.39 Å². The molecule has 2 unspecified atom stereocenters. The van der Waals surface area contributed by atoms with Crippen molar-refractivity contribution in [1.82, 2.24) is 0 Å². The Hall–Kier alpha value is -1.49. The molecule has 0 amide bonds. The molecule has 0 aromatic heterocycles. The van der Waals surface area contributed by atoms with E-state index in [0.29, 0.717) is 18.0 Å². The molecule has 0 saturated carbocycles. The van der Waals surface area contributed by atoms with Crippen molar-refractivity contribution in [3.05, 3.63) is 17.9 Å². The van der Waals surface area contributed by atoms with Gasteiger partial charge in [0, 0.05) is 25.0 Å². The molecule has 1 saturated heterocycles. The van der Waals surface area contributed by atoms with Crippen LogP contribution in [0, 0.1) is 5.82 Å². The molecule has 0 bridgehead atoms. The predicted octanol–water partition coefficient (Wildman–Crippen LogP) is 3.53. The van der Waals surface area contributed by atoms with E-state index in [1.165, 1.54) is 6.07 Å². The van der Waals surface area contributed by atoms with Crippen LogP contribution in [0.15, 0.2) is 12.1 Å². The summed E-state index contributed by atoms with van der Waals surface area (Å²) in [6.07, 6.45) is 2.73. The molecular weight excluding hydrogens is 273 g/mol. The van der Waals surface area contributed by atoms with Crippen LogP contribution >= 0.6 is 0 Å². The summed E-state index contributed by atoms with van der Waals surface area (Å²) >= 11 is 0. The number of nitrogens with two attached hydrogens (primary N) is 1. The van der Waals surface area contributed by atoms with Crippen LogP contribution in [0.2, 0.25) is 0 Å². The molecule has 5 heteroatoms. The first-order chi connectivity index (χ1) is 9.99. The van der Waals surface area contributed by atoms with Gasteiger partial charge in [-0.25, -0.2) is 4.39 Å². The standard InChI is InChI=1S/C16H24FNO3/c1-4-5-19-15-9-16(14(18)8-13(15)17)21-12-6-10(2)20-11(3)7-12/h8-12H,4-7,18H2,1-3H3. The summed E-state index contributed by atoms with van der Waals surface area (Å²) in [4.78, 5) is 0. The minimum absolute atomic E-state index is 0.0236. The van der Waals surface area contributed by atoms with E-state index < -0.39 is 5.82 Å². The van der Waals surface area contributed by atoms with Gasteiger partial charge in [0.2, 0.25) is 0 Å². The quantitative estimate of drug-likeness (QED) is 0.845. The van der Waals surface area contributed by atoms with Gasteiger partial charge in [-0.05, 0) is 20.3 Å². The maximum atomic E-state index is 13.8. The van der Waals surface area contributed by atoms with E-state index in [2.05, 4.69) is 0 Å². The van der Waals surface area contributed by atoms with Gasteiger partial charge in [0.25, 0.3) is 0 Å². The number of benzene rings is 1. The topological polar surface area (TPSA) is 53.7 Å². The van der Waals surface area contributed by atoms with Crippen LogP contribution in [0.1, 0.15) is 40.0 Å². The third-order valence-corrected chi connectivity index (χ3v) is 3.47. The molecule has 1 aromatic carbocycles. The van der Waals surface area contributed by atoms with Gasteiger partial charge in [-0.15, -0.1) is 0 Å². The van der Waals surface area contributed by atoms with E-state index in [4.69, 9.17) is 19.9 Å². The Balaban J connectivity index is 2.11. The Morgan fingerprint density at radius 2 is 1.90 bits per heavy atom. The molecule has 118 valence electrons. The lowest BCUT2D eigenvalue weighted by Crippen LogP contribution is -2.35. The van der Waals surface area contributed by atoms with Gasteiger partial charge in [0.15, 0.2) is 11.6 Å². The van der Waals surface area contributed by atoms with E-state index in [0.717, 1.165) is 19.3 Å². The second kappa shape index (κ2) is 6.98. The number of anilines is 1. The van der Waals surface area contributed by atoms with E-state index in [1.54, 1.807) is 6.07 Å². The van der Waals surface area contributed by atoms with Crippen molar-refractivity contribution in [2.75, 3.05) is 12.3 Å². The summed E-state index contributed by atoms with van der Waals surface area (Å²) < 4.78 is 30.8. The molecule has 1 fully saturated rings. The molecule has 1 aromatic rings. The first kappa shape index (κ1) is 15.9. The van der Waals surface area contributed by atoms with Gasteiger partial charge >= 0.3 is 0 Å². The van der Waals surface area contributed by atoms with Gasteiger partial charge in [-0.2, -0.15) is 0 Å². The predicted molar refractivity (Wildman–Crippen MR) is 80.3 cm³/mol. The summed E-state index contributed by atoms with van der Waals surface area (Å²) in [6, 6.07) is 2.80. The second-order valence-corrected chi connectivity index (χ2v) is 5.64. The van der Waals surface area contributed by atoms with Crippen LogP contribution in [0.4, 0.5) is 10.1 Å². The molecule has 1 heterocycles. The van der Waals surface area contributed by atoms with Crippen molar-refractivity contribution in [3.8, 4) is 11.5 Å². The minimum Gasteiger partial charge on any atom is -0.490 e. The largest absolute Gasteiger partial charge is 0.490 e. The Bertz CT molecular complexity index is 471. The summed E-state index contributed by atoms with van der Waals surface area (Å²) in [6.45, 7) is 6.48. The zero-order chi connectivity index (χ0) is 15.4. The summed E-state index contributed by atoms with van der Waals surface area (Å²) in [5.74, 6) is 0.213. The smallest absolute Gasteiger partial charge is 0.167 e. The Labute approximate surface area is 125 Å². The van der Waals surface area contributed by atoms with Crippen molar-refractivity contribution in [2.24, 2.45) is 0 Å². The van der Waals surface area contributed by atoms with E-state index in [-0.39, 0.29) is 24.1 Å². The third-order valence-electron chi connectivity index (χ3n) is 3.47. The Morgan fingerprint density at radius 1 is 1.24 bits per heavy atom. The highest BCUT2D eigenvalue weighted by Gasteiger charge is 2.26. The molecule has 0 radical (unpaired) electrons. The molecule has 2 N–H and O–H groups in total. The van der Waals surface area contributed by atoms with Crippen LogP contribution in [0.5, 0.6) is 11.5 Å². The molecule has 21 heavy (non-hydrogen) atoms. The first-order valence-corrected chi connectivity index (χ1v) is 7.53. The average Bonchev–Trinajstić information content (AvgIpc) is 2.39. The molecule has 2 rings (SSSR count). The lowest BCUT2D eigenvalue weighted by molar-refractivity contribution is -0.0720. The normalized spacial score (nSPS) is 25.6. The molecule has 1 aliphatic heterocycles. The van der Waals surface area contributed by atoms with E-state index in [1.807, 2.05) is 20.8 Å². The lowest BCUT2D eigenvalue weighted by Gasteiger charge is -2.32. The zero-order valence-electron chi connectivity index (χ0n) is 12.9. The number of halogens is 1. The van der Waals surface area contributed by atoms with Crippen molar-refractivity contribution < 1.29 is 18.6 Å². The fourth-order valence-electron chi connectivity index (χ4n) is 2.59. The Morgan fingerprint density at radius 3 is 2.52 bits per heavy atom. The highest BCUT2D eigenvalue weighted by atomic mass is 19.1. The SMILES string of the molecule is CCCOc1cc(OC2CC(C)OC(C)C2)c(N)cc1F. The number of hydrogen-bond acceptors (Lipinski definition) is 4. The van der Waals surface area contributed by atoms with Crippen LogP contribution in [-0.2, 0) is 4.74 Å². The van der Waals surface area contributed by atoms with Gasteiger partial charge in [0.1, 0.15) is 11.9 Å². The van der Waals surface area contributed by atoms with Crippen molar-refractivity contribution in [3.63, 3.8) is 0 Å². The van der Waals surface area contributed by atoms with Crippen LogP contribution in [-0.4, -0.2) is 24.9 Å². The minimum atomic E-state index is -0.456. The average molecular weight is 297 g/mol. The highest BCUT2D eigenvalue weighted by molar-refractivity contribution is 5.56. The molecular formula is C16H24FNO3. The second-order valence-electron chi connectivity index (χ2n) is 5.64. The van der Waals surface area contributed by atoms with Crippen molar-refractivity contribution in [2.45, 2.75) is 58.3 Å². The Kier molecular flexibility index (Phi) is 5.28. The van der Waals surface area contributed by atoms with Crippen molar-refractivity contribution >= 4 is 5.69 Å². The van der Waals surface area contributed by atoms with Crippen LogP contribution in [0.25, 0.3) is 0 Å². The first-order valence-electron chi connectivity index (χ1n) is 7.53. The van der Waals surface area contributed by atoms with Crippen LogP contribution in [0.3, 0.4) is 0 Å². The highest BCUT2D eigenvalue weighted by Crippen LogP contribution is 2.33. The summed E-state index contributed by atoms with van der Waals surface area (Å²) in [5, 5.41) is 0. The fourth-order valence-corrected chi connectivity index (χ4v) is 2.59. The lowest BCUT2D eigenvalue weighted by atomic mass is 10.0. The van der Waals surface area contributed by atoms with Gasteiger partial charge in [-0.3, -0.25) is 0 Å². The number of nitrogen functional groups attached to an aromatic ring is 1. The fraction of sp³-hybridized carbons (Fsp3) is 0.625. The summed E-state index contributed by atoms with van der Waals surface area (Å²) in [7, 11) is 0. The zero-order valence-corrected chi connectivity index (χ0v) is 12.9. The summed E-state index contributed by atoms with van der Waals surface area (Å²) in [5.41, 5.74) is 6.15. The van der Waals surface area contributed by atoms with Gasteiger partial charge in [0.05, 0.1) is 24.5 Å². The monoisotopic (exact) mass is 297 g/mol. The molecule has 0 spiro atoms. The molecule has 1 aliphatic rings. The maximum Gasteiger partial charge on any atom is 0.167 e.